The van der Waals surface area contributed by atoms with Gasteiger partial charge in [0.2, 0.25) is 5.91 Å². The molecule has 1 atom stereocenters. The van der Waals surface area contributed by atoms with E-state index in [1.54, 1.807) is 34.1 Å². The highest BCUT2D eigenvalue weighted by Crippen LogP contribution is 2.16. The number of morpholine rings is 1. The third kappa shape index (κ3) is 4.46. The monoisotopic (exact) mass is 351 g/mol. The number of likely N-dealkylation sites (N-methyl/N-ethyl adjacent to an activating group) is 1. The van der Waals surface area contributed by atoms with Crippen LogP contribution in [0.1, 0.15) is 5.56 Å². The fourth-order valence-electron chi connectivity index (χ4n) is 2.98. The zero-order chi connectivity index (χ0) is 17.8. The van der Waals surface area contributed by atoms with Crippen molar-refractivity contribution in [3.63, 3.8) is 0 Å². The molecule has 0 saturated carbocycles. The molecule has 2 fully saturated rings. The first-order valence-electron chi connectivity index (χ1n) is 8.32. The lowest BCUT2D eigenvalue weighted by atomic mass is 10.1. The summed E-state index contributed by atoms with van der Waals surface area (Å²) in [5, 5.41) is 3.32. The van der Waals surface area contributed by atoms with Crippen LogP contribution in [-0.2, 0) is 20.7 Å². The summed E-state index contributed by atoms with van der Waals surface area (Å²) in [7, 11) is 1.78. The van der Waals surface area contributed by atoms with Gasteiger partial charge in [-0.25, -0.2) is 14.2 Å². The van der Waals surface area contributed by atoms with Gasteiger partial charge in [0.1, 0.15) is 11.9 Å². The van der Waals surface area contributed by atoms with Gasteiger partial charge >= 0.3 is 6.09 Å². The van der Waals surface area contributed by atoms with Crippen LogP contribution in [0.4, 0.5) is 9.18 Å². The summed E-state index contributed by atoms with van der Waals surface area (Å²) >= 11 is 0. The van der Waals surface area contributed by atoms with E-state index in [9.17, 15) is 14.0 Å². The topological polar surface area (TPSA) is 62.3 Å². The first kappa shape index (κ1) is 17.6. The molecule has 136 valence electrons. The minimum atomic E-state index is -0.366. The molecule has 0 aliphatic carbocycles. The molecule has 8 heteroatoms. The highest BCUT2D eigenvalue weighted by atomic mass is 19.1. The van der Waals surface area contributed by atoms with Crippen molar-refractivity contribution in [2.24, 2.45) is 0 Å². The summed E-state index contributed by atoms with van der Waals surface area (Å²) in [5.74, 6) is -0.441. The van der Waals surface area contributed by atoms with E-state index in [0.717, 1.165) is 5.56 Å². The van der Waals surface area contributed by atoms with Crippen molar-refractivity contribution in [2.75, 3.05) is 46.4 Å². The zero-order valence-corrected chi connectivity index (χ0v) is 14.2. The van der Waals surface area contributed by atoms with Crippen LogP contribution < -0.4 is 0 Å². The van der Waals surface area contributed by atoms with Crippen molar-refractivity contribution >= 4 is 12.0 Å². The molecule has 1 aromatic rings. The van der Waals surface area contributed by atoms with Crippen molar-refractivity contribution in [3.8, 4) is 0 Å². The molecule has 2 aliphatic rings. The van der Waals surface area contributed by atoms with Crippen molar-refractivity contribution in [3.05, 3.63) is 35.6 Å². The standard InChI is InChI=1S/C17H22FN3O4/c1-19-11-15(25-17(23)20-6-8-24-9-7-20)12-21(19)16(22)10-13-2-4-14(18)5-3-13/h2-5,15H,6-12H2,1H3. The molecule has 25 heavy (non-hydrogen) atoms. The van der Waals surface area contributed by atoms with E-state index < -0.39 is 0 Å². The van der Waals surface area contributed by atoms with Crippen LogP contribution in [-0.4, -0.2) is 79.5 Å². The number of halogens is 1. The van der Waals surface area contributed by atoms with E-state index >= 15 is 0 Å². The normalized spacial score (nSPS) is 21.4. The highest BCUT2D eigenvalue weighted by molar-refractivity contribution is 5.78. The van der Waals surface area contributed by atoms with Gasteiger partial charge in [-0.3, -0.25) is 9.80 Å². The lowest BCUT2D eigenvalue weighted by Crippen LogP contribution is -2.43. The van der Waals surface area contributed by atoms with Crippen LogP contribution in [0.25, 0.3) is 0 Å². The third-order valence-corrected chi connectivity index (χ3v) is 4.35. The average Bonchev–Trinajstić information content (AvgIpc) is 2.98. The van der Waals surface area contributed by atoms with Crippen LogP contribution >= 0.6 is 0 Å². The van der Waals surface area contributed by atoms with E-state index in [4.69, 9.17) is 9.47 Å². The van der Waals surface area contributed by atoms with Crippen molar-refractivity contribution < 1.29 is 23.5 Å². The Balaban J connectivity index is 1.52. The molecule has 2 amide bonds. The Morgan fingerprint density at radius 1 is 1.20 bits per heavy atom. The smallest absolute Gasteiger partial charge is 0.410 e. The Bertz CT molecular complexity index is 619. The van der Waals surface area contributed by atoms with Crippen molar-refractivity contribution in [2.45, 2.75) is 12.5 Å². The number of ether oxygens (including phenoxy) is 2. The minimum absolute atomic E-state index is 0.112. The summed E-state index contributed by atoms with van der Waals surface area (Å²) in [6.45, 7) is 2.87. The number of rotatable bonds is 3. The molecule has 7 nitrogen and oxygen atoms in total. The second-order valence-corrected chi connectivity index (χ2v) is 6.22. The number of hydrogen-bond donors (Lipinski definition) is 0. The molecule has 3 rings (SSSR count). The number of hydrazine groups is 1. The molecule has 0 radical (unpaired) electrons. The van der Waals surface area contributed by atoms with Crippen molar-refractivity contribution in [1.82, 2.24) is 14.9 Å². The second-order valence-electron chi connectivity index (χ2n) is 6.22. The van der Waals surface area contributed by atoms with Crippen LogP contribution in [0.3, 0.4) is 0 Å². The Hall–Kier alpha value is -2.19. The van der Waals surface area contributed by atoms with Gasteiger partial charge in [-0.05, 0) is 17.7 Å². The quantitative estimate of drug-likeness (QED) is 0.810. The van der Waals surface area contributed by atoms with E-state index in [1.807, 2.05) is 0 Å². The van der Waals surface area contributed by atoms with Crippen LogP contribution in [0.5, 0.6) is 0 Å². The molecule has 0 bridgehead atoms. The molecule has 2 heterocycles. The lowest BCUT2D eigenvalue weighted by Gasteiger charge is -2.27. The summed E-state index contributed by atoms with van der Waals surface area (Å²) in [6.07, 6.45) is -0.554. The van der Waals surface area contributed by atoms with Gasteiger partial charge in [-0.2, -0.15) is 0 Å². The van der Waals surface area contributed by atoms with Crippen molar-refractivity contribution in [1.29, 1.82) is 0 Å². The molecule has 1 unspecified atom stereocenters. The first-order valence-corrected chi connectivity index (χ1v) is 8.32. The predicted molar refractivity (Wildman–Crippen MR) is 87.1 cm³/mol. The SMILES string of the molecule is CN1CC(OC(=O)N2CCOCC2)CN1C(=O)Cc1ccc(F)cc1. The number of hydrogen-bond acceptors (Lipinski definition) is 5. The van der Waals surface area contributed by atoms with E-state index in [-0.39, 0.29) is 30.3 Å². The Labute approximate surface area is 145 Å². The molecule has 2 saturated heterocycles. The molecule has 0 spiro atoms. The average molecular weight is 351 g/mol. The molecule has 1 aromatic carbocycles. The second kappa shape index (κ2) is 7.79. The number of carbonyl (C=O) groups excluding carboxylic acids is 2. The maximum Gasteiger partial charge on any atom is 0.410 e. The fraction of sp³-hybridized carbons (Fsp3) is 0.529. The van der Waals surface area contributed by atoms with Gasteiger partial charge in [0.05, 0.1) is 32.7 Å². The highest BCUT2D eigenvalue weighted by Gasteiger charge is 2.34. The van der Waals surface area contributed by atoms with E-state index in [2.05, 4.69) is 0 Å². The largest absolute Gasteiger partial charge is 0.443 e. The number of amides is 2. The predicted octanol–water partition coefficient (Wildman–Crippen LogP) is 0.895. The first-order chi connectivity index (χ1) is 12.0. The Morgan fingerprint density at radius 3 is 2.56 bits per heavy atom. The van der Waals surface area contributed by atoms with E-state index in [0.29, 0.717) is 39.4 Å². The van der Waals surface area contributed by atoms with Gasteiger partial charge in [0.15, 0.2) is 0 Å². The maximum absolute atomic E-state index is 12.9. The Morgan fingerprint density at radius 2 is 1.88 bits per heavy atom. The van der Waals surface area contributed by atoms with Gasteiger partial charge in [0.25, 0.3) is 0 Å². The molecule has 0 N–H and O–H groups in total. The van der Waals surface area contributed by atoms with Gasteiger partial charge < -0.3 is 14.4 Å². The van der Waals surface area contributed by atoms with Crippen LogP contribution in [0, 0.1) is 5.82 Å². The molecule has 2 aliphatic heterocycles. The van der Waals surface area contributed by atoms with Gasteiger partial charge in [-0.15, -0.1) is 0 Å². The van der Waals surface area contributed by atoms with Crippen LogP contribution in [0.15, 0.2) is 24.3 Å². The number of nitrogens with zero attached hydrogens (tertiary/aromatic N) is 3. The van der Waals surface area contributed by atoms with E-state index in [1.165, 1.54) is 12.1 Å². The summed E-state index contributed by atoms with van der Waals surface area (Å²) in [5.41, 5.74) is 0.744. The Kier molecular flexibility index (Phi) is 5.50. The van der Waals surface area contributed by atoms with Gasteiger partial charge in [0, 0.05) is 20.1 Å². The summed E-state index contributed by atoms with van der Waals surface area (Å²) in [4.78, 5) is 26.2. The summed E-state index contributed by atoms with van der Waals surface area (Å²) in [6, 6.07) is 5.87. The number of benzene rings is 1. The zero-order valence-electron chi connectivity index (χ0n) is 14.2. The molecular formula is C17H22FN3O4. The maximum atomic E-state index is 12.9. The third-order valence-electron chi connectivity index (χ3n) is 4.35. The summed E-state index contributed by atoms with van der Waals surface area (Å²) < 4.78 is 23.7. The van der Waals surface area contributed by atoms with Crippen LogP contribution in [0.2, 0.25) is 0 Å². The van der Waals surface area contributed by atoms with Gasteiger partial charge in [-0.1, -0.05) is 12.1 Å². The molecule has 0 aromatic heterocycles. The minimum Gasteiger partial charge on any atom is -0.443 e. The lowest BCUT2D eigenvalue weighted by molar-refractivity contribution is -0.141. The number of carbonyl (C=O) groups is 2. The molecular weight excluding hydrogens is 329 g/mol. The fourth-order valence-corrected chi connectivity index (χ4v) is 2.98.